The summed E-state index contributed by atoms with van der Waals surface area (Å²) < 4.78 is 37.8. The zero-order valence-corrected chi connectivity index (χ0v) is 11.6. The van der Waals surface area contributed by atoms with Crippen LogP contribution in [0.5, 0.6) is 0 Å². The molecule has 1 amide bonds. The molecule has 0 unspecified atom stereocenters. The lowest BCUT2D eigenvalue weighted by atomic mass is 10.0. The summed E-state index contributed by atoms with van der Waals surface area (Å²) in [6.07, 6.45) is -4.48. The highest BCUT2D eigenvalue weighted by atomic mass is 19.4. The maximum absolute atomic E-state index is 12.6. The highest BCUT2D eigenvalue weighted by Crippen LogP contribution is 2.30. The van der Waals surface area contributed by atoms with E-state index in [4.69, 9.17) is 0 Å². The fourth-order valence-electron chi connectivity index (χ4n) is 3.14. The quantitative estimate of drug-likeness (QED) is 0.858. The molecule has 0 radical (unpaired) electrons. The molecule has 2 saturated heterocycles. The molecule has 2 fully saturated rings. The Morgan fingerprint density at radius 3 is 2.43 bits per heavy atom. The van der Waals surface area contributed by atoms with Gasteiger partial charge in [-0.2, -0.15) is 13.2 Å². The van der Waals surface area contributed by atoms with Crippen LogP contribution in [-0.2, 0) is 6.18 Å². The van der Waals surface area contributed by atoms with E-state index < -0.39 is 11.9 Å². The van der Waals surface area contributed by atoms with Crippen molar-refractivity contribution in [2.24, 2.45) is 11.8 Å². The number of carbonyl (C=O) groups is 1. The van der Waals surface area contributed by atoms with Gasteiger partial charge in [-0.15, -0.1) is 0 Å². The van der Waals surface area contributed by atoms with Gasteiger partial charge in [0.25, 0.3) is 5.91 Å². The lowest BCUT2D eigenvalue weighted by Crippen LogP contribution is -2.32. The molecule has 4 nitrogen and oxygen atoms in total. The van der Waals surface area contributed by atoms with Crippen LogP contribution in [-0.4, -0.2) is 42.0 Å². The number of alkyl halides is 3. The van der Waals surface area contributed by atoms with Gasteiger partial charge in [0.15, 0.2) is 0 Å². The number of likely N-dealkylation sites (tertiary alicyclic amines) is 1. The summed E-state index contributed by atoms with van der Waals surface area (Å²) in [7, 11) is 0. The predicted octanol–water partition coefficient (Wildman–Crippen LogP) is 1.70. The minimum atomic E-state index is -4.48. The molecule has 2 aliphatic heterocycles. The van der Waals surface area contributed by atoms with Gasteiger partial charge >= 0.3 is 6.18 Å². The van der Waals surface area contributed by atoms with Crippen LogP contribution in [0, 0.1) is 18.8 Å². The van der Waals surface area contributed by atoms with Gasteiger partial charge < -0.3 is 10.2 Å². The van der Waals surface area contributed by atoms with E-state index in [1.54, 1.807) is 4.90 Å². The standard InChI is InChI=1S/C14H16F3N3O/c1-8-11(2-3-12(19-8)14(15,16)17)13(21)20-6-9-4-18-5-10(9)7-20/h2-3,9-10,18H,4-7H2,1H3/t9-,10+. The van der Waals surface area contributed by atoms with Crippen molar-refractivity contribution in [2.75, 3.05) is 26.2 Å². The van der Waals surface area contributed by atoms with Gasteiger partial charge in [0, 0.05) is 26.2 Å². The van der Waals surface area contributed by atoms with Crippen LogP contribution in [0.1, 0.15) is 21.7 Å². The van der Waals surface area contributed by atoms with Crippen molar-refractivity contribution in [2.45, 2.75) is 13.1 Å². The number of fused-ring (bicyclic) bond motifs is 1. The molecular formula is C14H16F3N3O. The van der Waals surface area contributed by atoms with Crippen LogP contribution < -0.4 is 5.32 Å². The molecule has 7 heteroatoms. The second-order valence-electron chi connectivity index (χ2n) is 5.72. The van der Waals surface area contributed by atoms with Crippen molar-refractivity contribution in [1.82, 2.24) is 15.2 Å². The Morgan fingerprint density at radius 1 is 1.29 bits per heavy atom. The molecule has 0 aliphatic carbocycles. The van der Waals surface area contributed by atoms with Crippen LogP contribution >= 0.6 is 0 Å². The first-order chi connectivity index (χ1) is 9.86. The molecule has 0 spiro atoms. The third kappa shape index (κ3) is 2.62. The monoisotopic (exact) mass is 299 g/mol. The minimum Gasteiger partial charge on any atom is -0.338 e. The summed E-state index contributed by atoms with van der Waals surface area (Å²) in [5, 5.41) is 3.28. The Kier molecular flexibility index (Phi) is 3.39. The number of amides is 1. The number of nitrogens with zero attached hydrogens (tertiary/aromatic N) is 2. The second kappa shape index (κ2) is 4.98. The number of hydrogen-bond acceptors (Lipinski definition) is 3. The highest BCUT2D eigenvalue weighted by molar-refractivity contribution is 5.95. The normalized spacial score (nSPS) is 25.2. The molecular weight excluding hydrogens is 283 g/mol. The fourth-order valence-corrected chi connectivity index (χ4v) is 3.14. The van der Waals surface area contributed by atoms with Crippen molar-refractivity contribution < 1.29 is 18.0 Å². The number of pyridine rings is 1. The summed E-state index contributed by atoms with van der Waals surface area (Å²) in [5.74, 6) is 0.691. The molecule has 1 aromatic rings. The maximum Gasteiger partial charge on any atom is 0.433 e. The van der Waals surface area contributed by atoms with Crippen molar-refractivity contribution in [1.29, 1.82) is 0 Å². The fraction of sp³-hybridized carbons (Fsp3) is 0.571. The molecule has 114 valence electrons. The average molecular weight is 299 g/mol. The molecule has 1 aromatic heterocycles. The number of hydrogen-bond donors (Lipinski definition) is 1. The summed E-state index contributed by atoms with van der Waals surface area (Å²) in [4.78, 5) is 17.7. The van der Waals surface area contributed by atoms with Crippen molar-refractivity contribution >= 4 is 5.91 Å². The molecule has 2 atom stereocenters. The molecule has 2 aliphatic rings. The SMILES string of the molecule is Cc1nc(C(F)(F)F)ccc1C(=O)N1C[C@H]2CNC[C@H]2C1. The number of halogens is 3. The van der Waals surface area contributed by atoms with Gasteiger partial charge in [-0.25, -0.2) is 4.98 Å². The molecule has 0 saturated carbocycles. The largest absolute Gasteiger partial charge is 0.433 e. The second-order valence-corrected chi connectivity index (χ2v) is 5.72. The lowest BCUT2D eigenvalue weighted by Gasteiger charge is -2.19. The van der Waals surface area contributed by atoms with Gasteiger partial charge in [0.1, 0.15) is 5.69 Å². The van der Waals surface area contributed by atoms with Crippen molar-refractivity contribution in [3.8, 4) is 0 Å². The zero-order chi connectivity index (χ0) is 15.2. The Labute approximate surface area is 120 Å². The Bertz CT molecular complexity index is 561. The van der Waals surface area contributed by atoms with Gasteiger partial charge in [0.05, 0.1) is 11.3 Å². The van der Waals surface area contributed by atoms with Crippen molar-refractivity contribution in [3.63, 3.8) is 0 Å². The third-order valence-electron chi connectivity index (χ3n) is 4.28. The topological polar surface area (TPSA) is 45.2 Å². The molecule has 3 rings (SSSR count). The summed E-state index contributed by atoms with van der Waals surface area (Å²) in [5.41, 5.74) is -0.569. The Hall–Kier alpha value is -1.63. The summed E-state index contributed by atoms with van der Waals surface area (Å²) in [6.45, 7) is 4.58. The molecule has 0 bridgehead atoms. The van der Waals surface area contributed by atoms with E-state index >= 15 is 0 Å². The van der Waals surface area contributed by atoms with Crippen LogP contribution in [0.25, 0.3) is 0 Å². The molecule has 21 heavy (non-hydrogen) atoms. The number of aromatic nitrogens is 1. The van der Waals surface area contributed by atoms with E-state index in [-0.39, 0.29) is 17.2 Å². The van der Waals surface area contributed by atoms with E-state index in [0.29, 0.717) is 24.9 Å². The first kappa shape index (κ1) is 14.3. The van der Waals surface area contributed by atoms with E-state index in [9.17, 15) is 18.0 Å². The van der Waals surface area contributed by atoms with Crippen LogP contribution in [0.2, 0.25) is 0 Å². The Morgan fingerprint density at radius 2 is 1.90 bits per heavy atom. The maximum atomic E-state index is 12.6. The van der Waals surface area contributed by atoms with E-state index in [1.165, 1.54) is 13.0 Å². The van der Waals surface area contributed by atoms with E-state index in [2.05, 4.69) is 10.3 Å². The minimum absolute atomic E-state index is 0.130. The third-order valence-corrected chi connectivity index (χ3v) is 4.28. The van der Waals surface area contributed by atoms with Gasteiger partial charge in [-0.05, 0) is 30.9 Å². The van der Waals surface area contributed by atoms with Gasteiger partial charge in [-0.1, -0.05) is 0 Å². The van der Waals surface area contributed by atoms with Crippen LogP contribution in [0.4, 0.5) is 13.2 Å². The van der Waals surface area contributed by atoms with Crippen LogP contribution in [0.3, 0.4) is 0 Å². The van der Waals surface area contributed by atoms with Crippen molar-refractivity contribution in [3.05, 3.63) is 29.1 Å². The molecule has 0 aromatic carbocycles. The molecule has 1 N–H and O–H groups in total. The van der Waals surface area contributed by atoms with Gasteiger partial charge in [-0.3, -0.25) is 4.79 Å². The first-order valence-electron chi connectivity index (χ1n) is 6.91. The smallest absolute Gasteiger partial charge is 0.338 e. The first-order valence-corrected chi connectivity index (χ1v) is 6.91. The van der Waals surface area contributed by atoms with Gasteiger partial charge in [0.2, 0.25) is 0 Å². The summed E-state index contributed by atoms with van der Waals surface area (Å²) in [6, 6.07) is 2.11. The lowest BCUT2D eigenvalue weighted by molar-refractivity contribution is -0.141. The zero-order valence-electron chi connectivity index (χ0n) is 11.6. The number of rotatable bonds is 1. The van der Waals surface area contributed by atoms with E-state index in [1.807, 2.05) is 0 Å². The highest BCUT2D eigenvalue weighted by Gasteiger charge is 2.39. The summed E-state index contributed by atoms with van der Waals surface area (Å²) >= 11 is 0. The number of nitrogens with one attached hydrogen (secondary N) is 1. The average Bonchev–Trinajstić information content (AvgIpc) is 2.97. The predicted molar refractivity (Wildman–Crippen MR) is 69.7 cm³/mol. The number of carbonyl (C=O) groups excluding carboxylic acids is 1. The number of aryl methyl sites for hydroxylation is 1. The van der Waals surface area contributed by atoms with Crippen LogP contribution in [0.15, 0.2) is 12.1 Å². The Balaban J connectivity index is 1.79. The van der Waals surface area contributed by atoms with E-state index in [0.717, 1.165) is 19.2 Å². The molecule has 3 heterocycles.